The molecule has 2 aromatic carbocycles. The Hall–Kier alpha value is -2.79. The molecule has 1 amide bonds. The number of hydrogen-bond donors (Lipinski definition) is 3. The van der Waals surface area contributed by atoms with E-state index in [1.165, 1.54) is 37.8 Å². The first kappa shape index (κ1) is 28.8. The van der Waals surface area contributed by atoms with E-state index >= 15 is 0 Å². The Morgan fingerprint density at radius 1 is 0.919 bits per heavy atom. The molecule has 0 bridgehead atoms. The van der Waals surface area contributed by atoms with Crippen molar-refractivity contribution in [1.29, 1.82) is 0 Å². The van der Waals surface area contributed by atoms with Crippen molar-refractivity contribution in [3.63, 3.8) is 0 Å². The number of nitrogens with one attached hydrogen (secondary N) is 2. The molecule has 0 aliphatic heterocycles. The fourth-order valence-corrected chi connectivity index (χ4v) is 5.39. The lowest BCUT2D eigenvalue weighted by molar-refractivity contribution is -0.192. The Morgan fingerprint density at radius 2 is 1.43 bits per heavy atom. The SMILES string of the molecule is O=C(NC1CCCCCC1)C1(c2ccc(NS(=O)(=O)c3ccc(Cl)cc3)cc2)CC1.O=C(O)C(F)(F)F. The molecule has 0 atom stereocenters. The molecule has 2 saturated carbocycles. The molecular weight excluding hydrogens is 533 g/mol. The minimum absolute atomic E-state index is 0.115. The summed E-state index contributed by atoms with van der Waals surface area (Å²) in [6, 6.07) is 13.5. The quantitative estimate of drug-likeness (QED) is 0.396. The molecule has 12 heteroatoms. The predicted molar refractivity (Wildman–Crippen MR) is 133 cm³/mol. The van der Waals surface area contributed by atoms with Crippen molar-refractivity contribution >= 4 is 39.2 Å². The van der Waals surface area contributed by atoms with Crippen LogP contribution in [0.25, 0.3) is 0 Å². The minimum Gasteiger partial charge on any atom is -0.475 e. The van der Waals surface area contributed by atoms with Crippen LogP contribution < -0.4 is 10.0 Å². The van der Waals surface area contributed by atoms with Gasteiger partial charge < -0.3 is 10.4 Å². The molecule has 0 saturated heterocycles. The predicted octanol–water partition coefficient (Wildman–Crippen LogP) is 5.64. The number of benzene rings is 2. The van der Waals surface area contributed by atoms with Crippen molar-refractivity contribution in [2.24, 2.45) is 0 Å². The van der Waals surface area contributed by atoms with Gasteiger partial charge in [-0.25, -0.2) is 13.2 Å². The highest BCUT2D eigenvalue weighted by Crippen LogP contribution is 2.49. The zero-order valence-corrected chi connectivity index (χ0v) is 21.4. The third-order valence-electron chi connectivity index (χ3n) is 6.43. The van der Waals surface area contributed by atoms with Crippen LogP contribution in [0, 0.1) is 0 Å². The summed E-state index contributed by atoms with van der Waals surface area (Å²) in [4.78, 5) is 22.0. The van der Waals surface area contributed by atoms with Crippen LogP contribution in [-0.2, 0) is 25.0 Å². The normalized spacial score (nSPS) is 17.5. The van der Waals surface area contributed by atoms with E-state index in [1.54, 1.807) is 24.3 Å². The highest BCUT2D eigenvalue weighted by Gasteiger charge is 2.51. The van der Waals surface area contributed by atoms with Gasteiger partial charge in [0.1, 0.15) is 0 Å². The van der Waals surface area contributed by atoms with Gasteiger partial charge in [0.2, 0.25) is 5.91 Å². The fraction of sp³-hybridized carbons (Fsp3) is 0.440. The number of halogens is 4. The maximum Gasteiger partial charge on any atom is 0.490 e. The van der Waals surface area contributed by atoms with Crippen molar-refractivity contribution in [1.82, 2.24) is 5.32 Å². The molecule has 4 rings (SSSR count). The second-order valence-corrected chi connectivity index (χ2v) is 11.3. The van der Waals surface area contributed by atoms with E-state index < -0.39 is 27.6 Å². The van der Waals surface area contributed by atoms with Gasteiger partial charge in [-0.15, -0.1) is 0 Å². The summed E-state index contributed by atoms with van der Waals surface area (Å²) in [6.45, 7) is 0. The summed E-state index contributed by atoms with van der Waals surface area (Å²) in [5.74, 6) is -2.64. The van der Waals surface area contributed by atoms with E-state index in [0.717, 1.165) is 31.2 Å². The standard InChI is InChI=1S/C23H27ClN2O3S.C2HF3O2/c24-18-9-13-21(14-10-18)30(28,29)26-20-11-7-17(8-12-20)23(15-16-23)22(27)25-19-5-3-1-2-4-6-19;3-2(4,5)1(6)7/h7-14,19,26H,1-6,15-16H2,(H,25,27);(H,6,7). The number of rotatable bonds is 6. The number of amides is 1. The number of anilines is 1. The number of carboxylic acid groups (broad SMARTS) is 1. The molecule has 7 nitrogen and oxygen atoms in total. The van der Waals surface area contributed by atoms with Gasteiger partial charge in [-0.1, -0.05) is 49.4 Å². The molecule has 3 N–H and O–H groups in total. The lowest BCUT2D eigenvalue weighted by atomic mass is 9.94. The number of carbonyl (C=O) groups is 2. The molecule has 2 aliphatic carbocycles. The number of carboxylic acids is 1. The third kappa shape index (κ3) is 7.85. The zero-order chi connectivity index (χ0) is 27.3. The average Bonchev–Trinajstić information content (AvgIpc) is 3.65. The fourth-order valence-electron chi connectivity index (χ4n) is 4.20. The smallest absolute Gasteiger partial charge is 0.475 e. The Bertz CT molecular complexity index is 1190. The second kappa shape index (κ2) is 11.7. The van der Waals surface area contributed by atoms with Crippen LogP contribution in [0.4, 0.5) is 18.9 Å². The van der Waals surface area contributed by atoms with E-state index in [1.807, 2.05) is 12.1 Å². The molecule has 202 valence electrons. The largest absolute Gasteiger partial charge is 0.490 e. The van der Waals surface area contributed by atoms with Crippen LogP contribution in [-0.4, -0.2) is 37.6 Å². The highest BCUT2D eigenvalue weighted by atomic mass is 35.5. The van der Waals surface area contributed by atoms with Crippen molar-refractivity contribution in [2.45, 2.75) is 73.9 Å². The van der Waals surface area contributed by atoms with Crippen LogP contribution in [0.1, 0.15) is 56.9 Å². The van der Waals surface area contributed by atoms with E-state index in [2.05, 4.69) is 10.0 Å². The number of alkyl halides is 3. The summed E-state index contributed by atoms with van der Waals surface area (Å²) in [5.41, 5.74) is 0.955. The zero-order valence-electron chi connectivity index (χ0n) is 19.9. The highest BCUT2D eigenvalue weighted by molar-refractivity contribution is 7.92. The molecule has 2 aromatic rings. The molecule has 0 heterocycles. The molecule has 2 aliphatic rings. The monoisotopic (exact) mass is 560 g/mol. The van der Waals surface area contributed by atoms with E-state index in [-0.39, 0.29) is 16.8 Å². The Morgan fingerprint density at radius 3 is 1.89 bits per heavy atom. The number of sulfonamides is 1. The Balaban J connectivity index is 0.000000479. The van der Waals surface area contributed by atoms with Crippen LogP contribution >= 0.6 is 11.6 Å². The van der Waals surface area contributed by atoms with Crippen LogP contribution in [0.2, 0.25) is 5.02 Å². The lowest BCUT2D eigenvalue weighted by Crippen LogP contribution is -2.41. The van der Waals surface area contributed by atoms with Gasteiger partial charge >= 0.3 is 12.1 Å². The molecular formula is C25H28ClF3N2O5S. The number of carbonyl (C=O) groups excluding carboxylic acids is 1. The van der Waals surface area contributed by atoms with E-state index in [9.17, 15) is 26.4 Å². The second-order valence-electron chi connectivity index (χ2n) is 9.18. The van der Waals surface area contributed by atoms with Gasteiger partial charge in [-0.2, -0.15) is 13.2 Å². The minimum atomic E-state index is -5.08. The van der Waals surface area contributed by atoms with Crippen LogP contribution in [0.5, 0.6) is 0 Å². The van der Waals surface area contributed by atoms with E-state index in [0.29, 0.717) is 10.7 Å². The summed E-state index contributed by atoms with van der Waals surface area (Å²) < 4.78 is 59.4. The summed E-state index contributed by atoms with van der Waals surface area (Å²) in [6.07, 6.45) is 3.58. The van der Waals surface area contributed by atoms with Gasteiger partial charge in [-0.05, 0) is 67.6 Å². The van der Waals surface area contributed by atoms with Crippen molar-refractivity contribution in [3.8, 4) is 0 Å². The first-order valence-corrected chi connectivity index (χ1v) is 13.7. The summed E-state index contributed by atoms with van der Waals surface area (Å²) in [7, 11) is -3.69. The van der Waals surface area contributed by atoms with Gasteiger partial charge in [0.25, 0.3) is 10.0 Å². The van der Waals surface area contributed by atoms with Gasteiger partial charge in [0, 0.05) is 16.8 Å². The van der Waals surface area contributed by atoms with Crippen LogP contribution in [0.3, 0.4) is 0 Å². The summed E-state index contributed by atoms with van der Waals surface area (Å²) in [5, 5.41) is 10.9. The third-order valence-corrected chi connectivity index (χ3v) is 8.08. The van der Waals surface area contributed by atoms with Crippen molar-refractivity contribution in [2.75, 3.05) is 4.72 Å². The van der Waals surface area contributed by atoms with Crippen LogP contribution in [0.15, 0.2) is 53.4 Å². The lowest BCUT2D eigenvalue weighted by Gasteiger charge is -2.22. The Labute approximate surface area is 218 Å². The van der Waals surface area contributed by atoms with E-state index in [4.69, 9.17) is 21.5 Å². The maximum absolute atomic E-state index is 13.0. The number of aliphatic carboxylic acids is 1. The first-order chi connectivity index (χ1) is 17.3. The molecule has 2 fully saturated rings. The topological polar surface area (TPSA) is 113 Å². The van der Waals surface area contributed by atoms with Gasteiger partial charge in [-0.3, -0.25) is 9.52 Å². The maximum atomic E-state index is 13.0. The molecule has 0 unspecified atom stereocenters. The van der Waals surface area contributed by atoms with Gasteiger partial charge in [0.15, 0.2) is 0 Å². The molecule has 0 radical (unpaired) electrons. The molecule has 0 aromatic heterocycles. The average molecular weight is 561 g/mol. The molecule has 0 spiro atoms. The number of hydrogen-bond acceptors (Lipinski definition) is 4. The Kier molecular flexibility index (Phi) is 9.12. The van der Waals surface area contributed by atoms with Crippen molar-refractivity contribution in [3.05, 3.63) is 59.1 Å². The van der Waals surface area contributed by atoms with Crippen molar-refractivity contribution < 1.29 is 36.3 Å². The molecule has 37 heavy (non-hydrogen) atoms. The van der Waals surface area contributed by atoms with Gasteiger partial charge in [0.05, 0.1) is 10.3 Å². The first-order valence-electron chi connectivity index (χ1n) is 11.8. The summed E-state index contributed by atoms with van der Waals surface area (Å²) >= 11 is 5.84.